The van der Waals surface area contributed by atoms with Gasteiger partial charge in [-0.1, -0.05) is 37.3 Å². The Morgan fingerprint density at radius 2 is 2.17 bits per heavy atom. The fraction of sp³-hybridized carbons (Fsp3) is 0.364. The van der Waals surface area contributed by atoms with Crippen molar-refractivity contribution in [2.75, 3.05) is 7.05 Å². The lowest BCUT2D eigenvalue weighted by Gasteiger charge is -2.01. The van der Waals surface area contributed by atoms with E-state index in [1.54, 1.807) is 0 Å². The van der Waals surface area contributed by atoms with E-state index in [4.69, 9.17) is 0 Å². The summed E-state index contributed by atoms with van der Waals surface area (Å²) in [4.78, 5) is 4.16. The van der Waals surface area contributed by atoms with Crippen LogP contribution in [0.15, 0.2) is 40.9 Å². The van der Waals surface area contributed by atoms with E-state index in [0.29, 0.717) is 5.92 Å². The fourth-order valence-corrected chi connectivity index (χ4v) is 1.16. The molecule has 0 aromatic rings. The van der Waals surface area contributed by atoms with E-state index in [1.807, 2.05) is 14.0 Å². The maximum Gasteiger partial charge on any atom is 0.0383 e. The van der Waals surface area contributed by atoms with Crippen LogP contribution in [0.25, 0.3) is 0 Å². The van der Waals surface area contributed by atoms with Crippen LogP contribution >= 0.6 is 0 Å². The molecule has 0 bridgehead atoms. The van der Waals surface area contributed by atoms with E-state index in [-0.39, 0.29) is 0 Å². The van der Waals surface area contributed by atoms with Crippen LogP contribution < -0.4 is 0 Å². The molecular formula is C11H15N. The monoisotopic (exact) mass is 161 g/mol. The summed E-state index contributed by atoms with van der Waals surface area (Å²) in [5.74, 6) is 0.506. The van der Waals surface area contributed by atoms with Crippen LogP contribution in [0.1, 0.15) is 13.8 Å². The third-order valence-corrected chi connectivity index (χ3v) is 2.00. The zero-order chi connectivity index (χ0) is 8.97. The minimum Gasteiger partial charge on any atom is -0.293 e. The van der Waals surface area contributed by atoms with Crippen molar-refractivity contribution in [2.24, 2.45) is 10.9 Å². The first-order valence-electron chi connectivity index (χ1n) is 4.24. The largest absolute Gasteiger partial charge is 0.293 e. The highest BCUT2D eigenvalue weighted by molar-refractivity contribution is 6.00. The van der Waals surface area contributed by atoms with Crippen molar-refractivity contribution >= 4 is 5.71 Å². The molecule has 0 N–H and O–H groups in total. The lowest BCUT2D eigenvalue weighted by atomic mass is 10.1. The van der Waals surface area contributed by atoms with Crippen LogP contribution in [-0.2, 0) is 0 Å². The van der Waals surface area contributed by atoms with Gasteiger partial charge in [0.1, 0.15) is 0 Å². The molecule has 1 nitrogen and oxygen atoms in total. The quantitative estimate of drug-likeness (QED) is 0.524. The lowest BCUT2D eigenvalue weighted by molar-refractivity contribution is 0.938. The summed E-state index contributed by atoms with van der Waals surface area (Å²) in [6.07, 6.45) is 10.6. The van der Waals surface area contributed by atoms with Crippen LogP contribution in [0.3, 0.4) is 0 Å². The van der Waals surface area contributed by atoms with Crippen LogP contribution in [0.5, 0.6) is 0 Å². The number of rotatable bonds is 1. The van der Waals surface area contributed by atoms with Crippen molar-refractivity contribution in [3.63, 3.8) is 0 Å². The van der Waals surface area contributed by atoms with Gasteiger partial charge in [-0.15, -0.1) is 0 Å². The van der Waals surface area contributed by atoms with Crippen molar-refractivity contribution in [3.05, 3.63) is 36.0 Å². The minimum atomic E-state index is 0.506. The highest BCUT2D eigenvalue weighted by Crippen LogP contribution is 2.11. The lowest BCUT2D eigenvalue weighted by Crippen LogP contribution is -1.96. The van der Waals surface area contributed by atoms with Gasteiger partial charge < -0.3 is 0 Å². The molecule has 1 unspecified atom stereocenters. The van der Waals surface area contributed by atoms with Crippen LogP contribution in [0.2, 0.25) is 0 Å². The van der Waals surface area contributed by atoms with Crippen molar-refractivity contribution in [3.8, 4) is 0 Å². The van der Waals surface area contributed by atoms with E-state index >= 15 is 0 Å². The Morgan fingerprint density at radius 1 is 1.42 bits per heavy atom. The number of hydrogen-bond acceptors (Lipinski definition) is 1. The second kappa shape index (κ2) is 4.05. The average molecular weight is 161 g/mol. The Bertz CT molecular complexity index is 267. The third kappa shape index (κ3) is 2.19. The zero-order valence-electron chi connectivity index (χ0n) is 7.91. The van der Waals surface area contributed by atoms with Gasteiger partial charge in [0.2, 0.25) is 0 Å². The summed E-state index contributed by atoms with van der Waals surface area (Å²) >= 11 is 0. The van der Waals surface area contributed by atoms with Gasteiger partial charge in [-0.25, -0.2) is 0 Å². The van der Waals surface area contributed by atoms with Crippen molar-refractivity contribution < 1.29 is 0 Å². The molecule has 1 heteroatoms. The van der Waals surface area contributed by atoms with Gasteiger partial charge in [0.05, 0.1) is 0 Å². The Balaban J connectivity index is 2.91. The van der Waals surface area contributed by atoms with Crippen molar-refractivity contribution in [1.29, 1.82) is 0 Å². The molecule has 0 aliphatic heterocycles. The normalized spacial score (nSPS) is 23.8. The predicted octanol–water partition coefficient (Wildman–Crippen LogP) is 2.77. The molecule has 0 aromatic carbocycles. The number of allylic oxidation sites excluding steroid dienone is 6. The van der Waals surface area contributed by atoms with Gasteiger partial charge in [0.15, 0.2) is 0 Å². The molecule has 1 aliphatic carbocycles. The third-order valence-electron chi connectivity index (χ3n) is 2.00. The van der Waals surface area contributed by atoms with Crippen LogP contribution in [0.4, 0.5) is 0 Å². The summed E-state index contributed by atoms with van der Waals surface area (Å²) in [5, 5.41) is 0. The molecule has 0 spiro atoms. The molecule has 0 heterocycles. The second-order valence-corrected chi connectivity index (χ2v) is 3.03. The van der Waals surface area contributed by atoms with E-state index in [1.165, 1.54) is 5.57 Å². The molecule has 12 heavy (non-hydrogen) atoms. The molecule has 0 saturated heterocycles. The smallest absolute Gasteiger partial charge is 0.0383 e. The topological polar surface area (TPSA) is 12.4 Å². The first-order chi connectivity index (χ1) is 5.74. The van der Waals surface area contributed by atoms with Gasteiger partial charge in [-0.2, -0.15) is 0 Å². The molecule has 64 valence electrons. The molecule has 1 aliphatic rings. The molecule has 0 amide bonds. The van der Waals surface area contributed by atoms with E-state index in [9.17, 15) is 0 Å². The van der Waals surface area contributed by atoms with Gasteiger partial charge in [-0.3, -0.25) is 4.99 Å². The minimum absolute atomic E-state index is 0.506. The molecule has 1 atom stereocenters. The number of aliphatic imine (C=N–C) groups is 1. The Labute approximate surface area is 74.2 Å². The maximum absolute atomic E-state index is 4.16. The Hall–Kier alpha value is -1.11. The standard InChI is InChI=1S/C11H15N/c1-9-6-4-5-7-11(8-9)10(2)12-3/h4-9H,1-3H3. The summed E-state index contributed by atoms with van der Waals surface area (Å²) in [6, 6.07) is 0. The van der Waals surface area contributed by atoms with Crippen LogP contribution in [0, 0.1) is 5.92 Å². The fourth-order valence-electron chi connectivity index (χ4n) is 1.16. The number of hydrogen-bond donors (Lipinski definition) is 0. The Morgan fingerprint density at radius 3 is 2.83 bits per heavy atom. The average Bonchev–Trinajstić information content (AvgIpc) is 2.28. The van der Waals surface area contributed by atoms with Gasteiger partial charge in [0, 0.05) is 12.8 Å². The second-order valence-electron chi connectivity index (χ2n) is 3.03. The van der Waals surface area contributed by atoms with Crippen molar-refractivity contribution in [2.45, 2.75) is 13.8 Å². The predicted molar refractivity (Wildman–Crippen MR) is 54.6 cm³/mol. The van der Waals surface area contributed by atoms with E-state index in [0.717, 1.165) is 5.71 Å². The summed E-state index contributed by atoms with van der Waals surface area (Å²) in [5.41, 5.74) is 2.33. The number of nitrogens with zero attached hydrogens (tertiary/aromatic N) is 1. The van der Waals surface area contributed by atoms with E-state index < -0.39 is 0 Å². The molecule has 0 saturated carbocycles. The summed E-state index contributed by atoms with van der Waals surface area (Å²) < 4.78 is 0. The molecule has 0 fully saturated rings. The zero-order valence-corrected chi connectivity index (χ0v) is 7.91. The van der Waals surface area contributed by atoms with Crippen LogP contribution in [-0.4, -0.2) is 12.8 Å². The van der Waals surface area contributed by atoms with Crippen molar-refractivity contribution in [1.82, 2.24) is 0 Å². The molecule has 1 rings (SSSR count). The first-order valence-corrected chi connectivity index (χ1v) is 4.24. The van der Waals surface area contributed by atoms with E-state index in [2.05, 4.69) is 42.3 Å². The Kier molecular flexibility index (Phi) is 3.03. The summed E-state index contributed by atoms with van der Waals surface area (Å²) in [6.45, 7) is 4.21. The van der Waals surface area contributed by atoms with Gasteiger partial charge >= 0.3 is 0 Å². The molecule has 0 aromatic heterocycles. The highest BCUT2D eigenvalue weighted by Gasteiger charge is 2.00. The van der Waals surface area contributed by atoms with Gasteiger partial charge in [0.25, 0.3) is 0 Å². The highest BCUT2D eigenvalue weighted by atomic mass is 14.7. The van der Waals surface area contributed by atoms with Gasteiger partial charge in [-0.05, 0) is 18.4 Å². The maximum atomic E-state index is 4.16. The molecule has 0 radical (unpaired) electrons. The first kappa shape index (κ1) is 8.98. The molecular weight excluding hydrogens is 146 g/mol. The summed E-state index contributed by atoms with van der Waals surface area (Å²) in [7, 11) is 1.83. The SMILES string of the molecule is CN=C(C)C1=CC(C)C=CC=C1.